The van der Waals surface area contributed by atoms with Crippen LogP contribution in [0.25, 0.3) is 0 Å². The van der Waals surface area contributed by atoms with Crippen molar-refractivity contribution in [2.45, 2.75) is 51.9 Å². The van der Waals surface area contributed by atoms with Crippen LogP contribution in [0.2, 0.25) is 0 Å². The molecule has 0 radical (unpaired) electrons. The van der Waals surface area contributed by atoms with E-state index in [1.54, 1.807) is 0 Å². The molecule has 70 valence electrons. The molecule has 0 aromatic heterocycles. The minimum Gasteiger partial charge on any atom is -0.303 e. The highest BCUT2D eigenvalue weighted by Gasteiger charge is 2.14. The molecule has 0 N–H and O–H groups in total. The Labute approximate surface area is 75.5 Å². The maximum absolute atomic E-state index is 10.5. The second-order valence-electron chi connectivity index (χ2n) is 4.21. The van der Waals surface area contributed by atoms with Crippen LogP contribution in [0.15, 0.2) is 0 Å². The van der Waals surface area contributed by atoms with Crippen molar-refractivity contribution in [3.8, 4) is 0 Å². The van der Waals surface area contributed by atoms with Crippen molar-refractivity contribution in [2.75, 3.05) is 0 Å². The molecule has 1 unspecified atom stereocenters. The second kappa shape index (κ2) is 5.34. The normalized spacial score (nSPS) is 23.1. The van der Waals surface area contributed by atoms with E-state index in [-0.39, 0.29) is 5.92 Å². The number of hydrogen-bond donors (Lipinski definition) is 0. The molecule has 1 fully saturated rings. The molecule has 1 atom stereocenters. The Hall–Kier alpha value is -0.330. The number of carbonyl (C=O) groups excluding carboxylic acids is 1. The minimum absolute atomic E-state index is 0.285. The summed E-state index contributed by atoms with van der Waals surface area (Å²) < 4.78 is 0. The Bertz CT molecular complexity index is 123. The monoisotopic (exact) mass is 168 g/mol. The summed E-state index contributed by atoms with van der Waals surface area (Å²) in [7, 11) is 0. The van der Waals surface area contributed by atoms with Crippen molar-refractivity contribution in [1.29, 1.82) is 0 Å². The van der Waals surface area contributed by atoms with E-state index < -0.39 is 0 Å². The van der Waals surface area contributed by atoms with Gasteiger partial charge in [0.15, 0.2) is 0 Å². The summed E-state index contributed by atoms with van der Waals surface area (Å²) in [6.07, 6.45) is 10.5. The van der Waals surface area contributed by atoms with Crippen LogP contribution in [0.3, 0.4) is 0 Å². The van der Waals surface area contributed by atoms with Crippen LogP contribution in [0.5, 0.6) is 0 Å². The minimum atomic E-state index is 0.285. The zero-order valence-electron chi connectivity index (χ0n) is 8.09. The topological polar surface area (TPSA) is 17.1 Å². The Morgan fingerprint density at radius 1 is 1.25 bits per heavy atom. The molecule has 0 bridgehead atoms. The number of rotatable bonds is 3. The molecule has 0 aromatic carbocycles. The predicted molar refractivity (Wildman–Crippen MR) is 51.0 cm³/mol. The summed E-state index contributed by atoms with van der Waals surface area (Å²) in [5, 5.41) is 0. The van der Waals surface area contributed by atoms with E-state index in [4.69, 9.17) is 0 Å². The first kappa shape index (κ1) is 9.76. The van der Waals surface area contributed by atoms with Crippen molar-refractivity contribution in [2.24, 2.45) is 11.8 Å². The average molecular weight is 168 g/mol. The first-order chi connectivity index (χ1) is 5.83. The highest BCUT2D eigenvalue weighted by atomic mass is 16.1. The van der Waals surface area contributed by atoms with Gasteiger partial charge >= 0.3 is 0 Å². The molecule has 0 heterocycles. The molecule has 0 amide bonds. The lowest BCUT2D eigenvalue weighted by Crippen LogP contribution is -2.06. The number of carbonyl (C=O) groups is 1. The highest BCUT2D eigenvalue weighted by Crippen LogP contribution is 2.27. The summed E-state index contributed by atoms with van der Waals surface area (Å²) in [5.41, 5.74) is 0. The van der Waals surface area contributed by atoms with Gasteiger partial charge in [-0.1, -0.05) is 45.4 Å². The van der Waals surface area contributed by atoms with Crippen LogP contribution in [0.4, 0.5) is 0 Å². The summed E-state index contributed by atoms with van der Waals surface area (Å²) >= 11 is 0. The first-order valence-electron chi connectivity index (χ1n) is 5.28. The molecule has 1 heteroatoms. The van der Waals surface area contributed by atoms with Crippen molar-refractivity contribution < 1.29 is 4.79 Å². The van der Waals surface area contributed by atoms with E-state index in [0.29, 0.717) is 0 Å². The zero-order chi connectivity index (χ0) is 8.81. The molecular formula is C11H20O. The maximum Gasteiger partial charge on any atom is 0.122 e. The van der Waals surface area contributed by atoms with Crippen LogP contribution >= 0.6 is 0 Å². The van der Waals surface area contributed by atoms with Gasteiger partial charge in [0.05, 0.1) is 0 Å². The molecule has 1 nitrogen and oxygen atoms in total. The number of hydrogen-bond acceptors (Lipinski definition) is 1. The Balaban J connectivity index is 2.24. The molecule has 0 aliphatic heterocycles. The van der Waals surface area contributed by atoms with Crippen LogP contribution in [-0.4, -0.2) is 6.29 Å². The van der Waals surface area contributed by atoms with Gasteiger partial charge in [0.2, 0.25) is 0 Å². The maximum atomic E-state index is 10.5. The average Bonchev–Trinajstić information content (AvgIpc) is 2.33. The zero-order valence-corrected chi connectivity index (χ0v) is 8.09. The van der Waals surface area contributed by atoms with E-state index >= 15 is 0 Å². The van der Waals surface area contributed by atoms with Crippen molar-refractivity contribution in [1.82, 2.24) is 0 Å². The molecule has 0 aromatic rings. The third-order valence-corrected chi connectivity index (χ3v) is 2.91. The van der Waals surface area contributed by atoms with Gasteiger partial charge in [-0.3, -0.25) is 0 Å². The van der Waals surface area contributed by atoms with E-state index in [1.807, 2.05) is 6.92 Å². The largest absolute Gasteiger partial charge is 0.303 e. The van der Waals surface area contributed by atoms with Gasteiger partial charge in [0, 0.05) is 5.92 Å². The fraction of sp³-hybridized carbons (Fsp3) is 0.909. The summed E-state index contributed by atoms with van der Waals surface area (Å²) in [5.74, 6) is 1.13. The summed E-state index contributed by atoms with van der Waals surface area (Å²) in [6, 6.07) is 0. The standard InChI is InChI=1S/C11H20O/c1-10(9-12)8-11-6-4-2-3-5-7-11/h9-11H,2-8H2,1H3. The lowest BCUT2D eigenvalue weighted by molar-refractivity contribution is -0.111. The van der Waals surface area contributed by atoms with Gasteiger partial charge in [-0.15, -0.1) is 0 Å². The summed E-state index contributed by atoms with van der Waals surface area (Å²) in [4.78, 5) is 10.5. The van der Waals surface area contributed by atoms with Crippen molar-refractivity contribution in [3.05, 3.63) is 0 Å². The van der Waals surface area contributed by atoms with E-state index in [1.165, 1.54) is 38.5 Å². The van der Waals surface area contributed by atoms with Gasteiger partial charge < -0.3 is 4.79 Å². The molecule has 1 aliphatic rings. The highest BCUT2D eigenvalue weighted by molar-refractivity contribution is 5.52. The quantitative estimate of drug-likeness (QED) is 0.467. The number of aldehydes is 1. The lowest BCUT2D eigenvalue weighted by Gasteiger charge is -2.14. The van der Waals surface area contributed by atoms with Gasteiger partial charge in [-0.25, -0.2) is 0 Å². The lowest BCUT2D eigenvalue weighted by atomic mass is 9.91. The third-order valence-electron chi connectivity index (χ3n) is 2.91. The summed E-state index contributed by atoms with van der Waals surface area (Å²) in [6.45, 7) is 2.04. The predicted octanol–water partition coefficient (Wildman–Crippen LogP) is 3.18. The van der Waals surface area contributed by atoms with Crippen LogP contribution in [0.1, 0.15) is 51.9 Å². The molecule has 1 rings (SSSR count). The Morgan fingerprint density at radius 3 is 2.33 bits per heavy atom. The SMILES string of the molecule is CC(C=O)CC1CCCCCC1. The molecule has 1 aliphatic carbocycles. The fourth-order valence-corrected chi connectivity index (χ4v) is 2.18. The fourth-order valence-electron chi connectivity index (χ4n) is 2.18. The van der Waals surface area contributed by atoms with Crippen LogP contribution < -0.4 is 0 Å². The van der Waals surface area contributed by atoms with Gasteiger partial charge in [-0.2, -0.15) is 0 Å². The Morgan fingerprint density at radius 2 is 1.83 bits per heavy atom. The molecular weight excluding hydrogens is 148 g/mol. The van der Waals surface area contributed by atoms with Gasteiger partial charge in [-0.05, 0) is 12.3 Å². The third kappa shape index (κ3) is 3.38. The van der Waals surface area contributed by atoms with Gasteiger partial charge in [0.1, 0.15) is 6.29 Å². The Kier molecular flexibility index (Phi) is 4.34. The molecule has 1 saturated carbocycles. The van der Waals surface area contributed by atoms with Crippen molar-refractivity contribution >= 4 is 6.29 Å². The van der Waals surface area contributed by atoms with E-state index in [9.17, 15) is 4.79 Å². The van der Waals surface area contributed by atoms with Gasteiger partial charge in [0.25, 0.3) is 0 Å². The van der Waals surface area contributed by atoms with Crippen LogP contribution in [-0.2, 0) is 4.79 Å². The van der Waals surface area contributed by atoms with Crippen molar-refractivity contribution in [3.63, 3.8) is 0 Å². The molecule has 0 saturated heterocycles. The van der Waals surface area contributed by atoms with E-state index in [0.717, 1.165) is 18.6 Å². The van der Waals surface area contributed by atoms with Crippen LogP contribution in [0, 0.1) is 11.8 Å². The second-order valence-corrected chi connectivity index (χ2v) is 4.21. The van der Waals surface area contributed by atoms with E-state index in [2.05, 4.69) is 0 Å². The smallest absolute Gasteiger partial charge is 0.122 e. The molecule has 0 spiro atoms. The first-order valence-corrected chi connectivity index (χ1v) is 5.28. The molecule has 12 heavy (non-hydrogen) atoms.